The van der Waals surface area contributed by atoms with Gasteiger partial charge in [0.05, 0.1) is 30.2 Å². The molecule has 0 fully saturated rings. The summed E-state index contributed by atoms with van der Waals surface area (Å²) in [6.07, 6.45) is 2.70. The summed E-state index contributed by atoms with van der Waals surface area (Å²) in [4.78, 5) is 21.9. The highest BCUT2D eigenvalue weighted by Gasteiger charge is 2.20. The molecular weight excluding hydrogens is 400 g/mol. The number of thiazole rings is 1. The van der Waals surface area contributed by atoms with Crippen LogP contribution in [0.1, 0.15) is 28.7 Å². The van der Waals surface area contributed by atoms with Crippen LogP contribution in [0.2, 0.25) is 0 Å². The smallest absolute Gasteiger partial charge is 0.253 e. The first-order valence-corrected chi connectivity index (χ1v) is 10.8. The number of nitrogens with one attached hydrogen (secondary N) is 1. The van der Waals surface area contributed by atoms with E-state index in [1.807, 2.05) is 30.6 Å². The minimum Gasteiger partial charge on any atom is -0.383 e. The lowest BCUT2D eigenvalue weighted by atomic mass is 10.2. The van der Waals surface area contributed by atoms with E-state index in [9.17, 15) is 4.79 Å². The van der Waals surface area contributed by atoms with Crippen molar-refractivity contribution in [3.05, 3.63) is 46.7 Å². The zero-order valence-electron chi connectivity index (χ0n) is 17.9. The number of aryl methyl sites for hydroxylation is 1. The van der Waals surface area contributed by atoms with Crippen LogP contribution in [-0.4, -0.2) is 54.4 Å². The Labute approximate surface area is 181 Å². The van der Waals surface area contributed by atoms with Crippen molar-refractivity contribution >= 4 is 17.2 Å². The normalized spacial score (nSPS) is 11.1. The molecule has 8 heteroatoms. The fourth-order valence-corrected chi connectivity index (χ4v) is 4.06. The van der Waals surface area contributed by atoms with Gasteiger partial charge in [-0.2, -0.15) is 0 Å². The van der Waals surface area contributed by atoms with Crippen LogP contribution in [0.3, 0.4) is 0 Å². The van der Waals surface area contributed by atoms with Gasteiger partial charge < -0.3 is 19.4 Å². The van der Waals surface area contributed by atoms with E-state index in [0.29, 0.717) is 31.9 Å². The van der Waals surface area contributed by atoms with Crippen LogP contribution in [-0.2, 0) is 22.4 Å². The van der Waals surface area contributed by atoms with Crippen LogP contribution in [0.25, 0.3) is 22.0 Å². The van der Waals surface area contributed by atoms with E-state index in [-0.39, 0.29) is 5.91 Å². The maximum Gasteiger partial charge on any atom is 0.253 e. The average molecular weight is 429 g/mol. The first kappa shape index (κ1) is 22.1. The van der Waals surface area contributed by atoms with Crippen molar-refractivity contribution in [2.75, 3.05) is 34.0 Å². The third-order valence-electron chi connectivity index (χ3n) is 4.91. The van der Waals surface area contributed by atoms with Crippen LogP contribution in [0.5, 0.6) is 0 Å². The first-order chi connectivity index (χ1) is 14.6. The number of rotatable bonds is 10. The zero-order chi connectivity index (χ0) is 21.5. The number of amides is 1. The SMILES string of the molecule is CCc1cc(-c2nc(-c3cc(C(=O)NCCOC)c(C)n3CCOC)cs2)ccn1. The molecule has 1 amide bonds. The van der Waals surface area contributed by atoms with Gasteiger partial charge in [0, 0.05) is 55.8 Å². The molecule has 0 radical (unpaired) electrons. The van der Waals surface area contributed by atoms with Crippen molar-refractivity contribution < 1.29 is 14.3 Å². The maximum atomic E-state index is 12.7. The lowest BCUT2D eigenvalue weighted by Crippen LogP contribution is -2.27. The summed E-state index contributed by atoms with van der Waals surface area (Å²) >= 11 is 1.59. The lowest BCUT2D eigenvalue weighted by molar-refractivity contribution is 0.0936. The number of methoxy groups -OCH3 is 2. The lowest BCUT2D eigenvalue weighted by Gasteiger charge is -2.10. The van der Waals surface area contributed by atoms with Gasteiger partial charge in [0.25, 0.3) is 5.91 Å². The number of nitrogens with zero attached hydrogens (tertiary/aromatic N) is 3. The number of carbonyl (C=O) groups excluding carboxylic acids is 1. The van der Waals surface area contributed by atoms with Gasteiger partial charge in [-0.25, -0.2) is 4.98 Å². The summed E-state index contributed by atoms with van der Waals surface area (Å²) in [7, 11) is 3.29. The fraction of sp³-hybridized carbons (Fsp3) is 0.409. The van der Waals surface area contributed by atoms with E-state index < -0.39 is 0 Å². The third kappa shape index (κ3) is 4.95. The first-order valence-electron chi connectivity index (χ1n) is 9.96. The number of carbonyl (C=O) groups is 1. The van der Waals surface area contributed by atoms with Gasteiger partial charge >= 0.3 is 0 Å². The van der Waals surface area contributed by atoms with Gasteiger partial charge in [0.2, 0.25) is 0 Å². The zero-order valence-corrected chi connectivity index (χ0v) is 18.7. The van der Waals surface area contributed by atoms with E-state index in [1.54, 1.807) is 25.6 Å². The molecule has 0 aliphatic heterocycles. The predicted molar refractivity (Wildman–Crippen MR) is 119 cm³/mol. The Balaban J connectivity index is 1.95. The molecule has 0 aliphatic rings. The van der Waals surface area contributed by atoms with Gasteiger partial charge in [-0.05, 0) is 31.5 Å². The summed E-state index contributed by atoms with van der Waals surface area (Å²) in [5.41, 5.74) is 5.39. The predicted octanol–water partition coefficient (Wildman–Crippen LogP) is 3.57. The molecule has 0 bridgehead atoms. The highest BCUT2D eigenvalue weighted by Crippen LogP contribution is 2.31. The van der Waals surface area contributed by atoms with Crippen LogP contribution in [0.15, 0.2) is 29.8 Å². The van der Waals surface area contributed by atoms with Gasteiger partial charge in [0.1, 0.15) is 5.01 Å². The summed E-state index contributed by atoms with van der Waals surface area (Å²) in [5, 5.41) is 5.87. The molecule has 1 N–H and O–H groups in total. The molecule has 3 heterocycles. The van der Waals surface area contributed by atoms with Crippen molar-refractivity contribution in [1.29, 1.82) is 0 Å². The summed E-state index contributed by atoms with van der Waals surface area (Å²) in [6.45, 7) is 6.18. The summed E-state index contributed by atoms with van der Waals surface area (Å²) in [6, 6.07) is 5.97. The van der Waals surface area contributed by atoms with Gasteiger partial charge in [0.15, 0.2) is 0 Å². The molecule has 7 nitrogen and oxygen atoms in total. The van der Waals surface area contributed by atoms with Crippen LogP contribution < -0.4 is 5.32 Å². The van der Waals surface area contributed by atoms with Crippen molar-refractivity contribution in [3.8, 4) is 22.0 Å². The average Bonchev–Trinajstić information content (AvgIpc) is 3.37. The molecule has 0 atom stereocenters. The summed E-state index contributed by atoms with van der Waals surface area (Å²) in [5.74, 6) is -0.112. The molecule has 0 unspecified atom stereocenters. The Kier molecular flexibility index (Phi) is 7.73. The highest BCUT2D eigenvalue weighted by molar-refractivity contribution is 7.13. The Morgan fingerprint density at radius 2 is 2.03 bits per heavy atom. The highest BCUT2D eigenvalue weighted by atomic mass is 32.1. The third-order valence-corrected chi connectivity index (χ3v) is 5.81. The van der Waals surface area contributed by atoms with Gasteiger partial charge in [-0.3, -0.25) is 9.78 Å². The number of hydrogen-bond donors (Lipinski definition) is 1. The molecular formula is C22H28N4O3S. The van der Waals surface area contributed by atoms with Crippen LogP contribution >= 0.6 is 11.3 Å². The minimum atomic E-state index is -0.112. The molecule has 0 saturated carbocycles. The second-order valence-corrected chi connectivity index (χ2v) is 7.71. The molecule has 0 saturated heterocycles. The van der Waals surface area contributed by atoms with Crippen LogP contribution in [0, 0.1) is 6.92 Å². The van der Waals surface area contributed by atoms with E-state index in [0.717, 1.165) is 39.8 Å². The molecule has 0 aromatic carbocycles. The number of ether oxygens (including phenoxy) is 2. The second kappa shape index (κ2) is 10.5. The van der Waals surface area contributed by atoms with Crippen molar-refractivity contribution in [2.24, 2.45) is 0 Å². The Morgan fingerprint density at radius 3 is 2.77 bits per heavy atom. The van der Waals surface area contributed by atoms with E-state index in [1.165, 1.54) is 0 Å². The Hall–Kier alpha value is -2.55. The number of hydrogen-bond acceptors (Lipinski definition) is 6. The van der Waals surface area contributed by atoms with Crippen LogP contribution in [0.4, 0.5) is 0 Å². The molecule has 0 aliphatic carbocycles. The monoisotopic (exact) mass is 428 g/mol. The Bertz CT molecular complexity index is 996. The molecule has 3 aromatic heterocycles. The minimum absolute atomic E-state index is 0.112. The van der Waals surface area contributed by atoms with Gasteiger partial charge in [-0.1, -0.05) is 6.92 Å². The largest absolute Gasteiger partial charge is 0.383 e. The quantitative estimate of drug-likeness (QED) is 0.500. The standard InChI is InChI=1S/C22H28N4O3S/c1-5-17-12-16(6-7-23-17)22-25-19(14-30-22)20-13-18(21(27)24-8-10-28-3)15(2)26(20)9-11-29-4/h6-7,12-14H,5,8-11H2,1-4H3,(H,24,27). The van der Waals surface area contributed by atoms with Crippen molar-refractivity contribution in [1.82, 2.24) is 19.9 Å². The van der Waals surface area contributed by atoms with Crippen molar-refractivity contribution in [3.63, 3.8) is 0 Å². The number of aromatic nitrogens is 3. The molecule has 3 rings (SSSR count). The molecule has 0 spiro atoms. The summed E-state index contributed by atoms with van der Waals surface area (Å²) < 4.78 is 12.4. The molecule has 160 valence electrons. The van der Waals surface area contributed by atoms with Crippen molar-refractivity contribution in [2.45, 2.75) is 26.8 Å². The van der Waals surface area contributed by atoms with Gasteiger partial charge in [-0.15, -0.1) is 11.3 Å². The maximum absolute atomic E-state index is 12.7. The fourth-order valence-electron chi connectivity index (χ4n) is 3.25. The second-order valence-electron chi connectivity index (χ2n) is 6.85. The van der Waals surface area contributed by atoms with E-state index in [2.05, 4.69) is 27.9 Å². The number of pyridine rings is 1. The van der Waals surface area contributed by atoms with E-state index >= 15 is 0 Å². The van der Waals surface area contributed by atoms with E-state index in [4.69, 9.17) is 14.5 Å². The topological polar surface area (TPSA) is 78.3 Å². The molecule has 3 aromatic rings. The molecule has 30 heavy (non-hydrogen) atoms. The Morgan fingerprint density at radius 1 is 1.23 bits per heavy atom.